The number of nitrogens with zero attached hydrogens (tertiary/aromatic N) is 1. The molecule has 210 valence electrons. The summed E-state index contributed by atoms with van der Waals surface area (Å²) in [6.07, 6.45) is 2.83. The number of nitrogens with two attached hydrogens (primary N) is 1. The van der Waals surface area contributed by atoms with Gasteiger partial charge in [-0.1, -0.05) is 54.6 Å². The molecule has 0 saturated carbocycles. The molecule has 1 heterocycles. The summed E-state index contributed by atoms with van der Waals surface area (Å²) in [4.78, 5) is 40.5. The smallest absolute Gasteiger partial charge is 0.306 e. The molecule has 1 saturated heterocycles. The minimum absolute atomic E-state index is 0.0572. The molecule has 3 N–H and O–H groups in total. The van der Waals surface area contributed by atoms with E-state index >= 15 is 0 Å². The van der Waals surface area contributed by atoms with Crippen molar-refractivity contribution >= 4 is 17.8 Å². The second kappa shape index (κ2) is 12.3. The Morgan fingerprint density at radius 3 is 2.41 bits per heavy atom. The molecule has 1 unspecified atom stereocenters. The molecule has 0 aromatic heterocycles. The average Bonchev–Trinajstić information content (AvgIpc) is 3.20. The van der Waals surface area contributed by atoms with Crippen molar-refractivity contribution in [2.24, 2.45) is 5.73 Å². The van der Waals surface area contributed by atoms with E-state index in [1.807, 2.05) is 48.2 Å². The minimum Gasteiger partial charge on any atom is -0.466 e. The van der Waals surface area contributed by atoms with Gasteiger partial charge in [0.1, 0.15) is 6.04 Å². The van der Waals surface area contributed by atoms with E-state index in [2.05, 4.69) is 23.5 Å². The summed E-state index contributed by atoms with van der Waals surface area (Å²) in [7, 11) is 0. The van der Waals surface area contributed by atoms with Gasteiger partial charge in [0.15, 0.2) is 0 Å². The molecule has 2 amide bonds. The third kappa shape index (κ3) is 6.86. The molecular formula is C31H41N3O5. The number of rotatable bonds is 10. The number of nitrogens with one attached hydrogen (secondary N) is 1. The lowest BCUT2D eigenvalue weighted by molar-refractivity contribution is -0.143. The number of amides is 2. The SMILES string of the molecule is CCOC(=O)CC1CC2(CCN(C(=O)[C@@H](COCc3ccccc3)NC(=O)C(C)(C)N)CC2)c2ccccc21. The van der Waals surface area contributed by atoms with Crippen LogP contribution in [0.3, 0.4) is 0 Å². The van der Waals surface area contributed by atoms with Gasteiger partial charge in [-0.15, -0.1) is 0 Å². The summed E-state index contributed by atoms with van der Waals surface area (Å²) in [5.74, 6) is -0.611. The minimum atomic E-state index is -1.12. The van der Waals surface area contributed by atoms with E-state index in [-0.39, 0.29) is 29.8 Å². The first-order valence-corrected chi connectivity index (χ1v) is 13.9. The van der Waals surface area contributed by atoms with Crippen molar-refractivity contribution in [2.75, 3.05) is 26.3 Å². The maximum absolute atomic E-state index is 13.7. The van der Waals surface area contributed by atoms with Crippen molar-refractivity contribution < 1.29 is 23.9 Å². The van der Waals surface area contributed by atoms with Gasteiger partial charge in [-0.05, 0) is 68.1 Å². The van der Waals surface area contributed by atoms with E-state index in [9.17, 15) is 14.4 Å². The first kappa shape index (κ1) is 28.8. The summed E-state index contributed by atoms with van der Waals surface area (Å²) < 4.78 is 11.1. The maximum Gasteiger partial charge on any atom is 0.306 e. The zero-order valence-corrected chi connectivity index (χ0v) is 23.3. The lowest BCUT2D eigenvalue weighted by Crippen LogP contribution is -2.59. The third-order valence-electron chi connectivity index (χ3n) is 7.94. The maximum atomic E-state index is 13.7. The molecule has 39 heavy (non-hydrogen) atoms. The Kier molecular flexibility index (Phi) is 9.08. The quantitative estimate of drug-likeness (QED) is 0.451. The van der Waals surface area contributed by atoms with E-state index in [1.165, 1.54) is 11.1 Å². The topological polar surface area (TPSA) is 111 Å². The molecule has 2 aromatic rings. The lowest BCUT2D eigenvalue weighted by Gasteiger charge is -2.41. The summed E-state index contributed by atoms with van der Waals surface area (Å²) in [6.45, 7) is 6.96. The van der Waals surface area contributed by atoms with Crippen LogP contribution in [0.25, 0.3) is 0 Å². The number of carbonyl (C=O) groups excluding carboxylic acids is 3. The molecular weight excluding hydrogens is 494 g/mol. The fourth-order valence-electron chi connectivity index (χ4n) is 5.87. The van der Waals surface area contributed by atoms with E-state index in [0.29, 0.717) is 32.7 Å². The van der Waals surface area contributed by atoms with E-state index in [4.69, 9.17) is 15.2 Å². The predicted octanol–water partition coefficient (Wildman–Crippen LogP) is 3.43. The van der Waals surface area contributed by atoms with Crippen molar-refractivity contribution in [3.05, 3.63) is 71.3 Å². The summed E-state index contributed by atoms with van der Waals surface area (Å²) in [5.41, 5.74) is 8.30. The monoisotopic (exact) mass is 535 g/mol. The van der Waals surface area contributed by atoms with Gasteiger partial charge in [0.25, 0.3) is 0 Å². The molecule has 1 spiro atoms. The molecule has 0 bridgehead atoms. The number of esters is 1. The van der Waals surface area contributed by atoms with Gasteiger partial charge in [0.05, 0.1) is 31.8 Å². The molecule has 0 radical (unpaired) electrons. The van der Waals surface area contributed by atoms with Gasteiger partial charge in [-0.2, -0.15) is 0 Å². The van der Waals surface area contributed by atoms with Crippen molar-refractivity contribution in [3.63, 3.8) is 0 Å². The molecule has 1 fully saturated rings. The standard InChI is InChI=1S/C31H41N3O5/c1-4-39-27(35)18-23-19-31(25-13-9-8-12-24(23)25)14-16-34(17-15-31)28(36)26(33-29(37)30(2,3)32)21-38-20-22-10-6-5-7-11-22/h5-13,23,26H,4,14-21,32H2,1-3H3,(H,33,37)/t23?,26-/m1/s1. The van der Waals surface area contributed by atoms with Gasteiger partial charge in [-0.25, -0.2) is 0 Å². The van der Waals surface area contributed by atoms with Crippen LogP contribution in [0.1, 0.15) is 69.1 Å². The highest BCUT2D eigenvalue weighted by Crippen LogP contribution is 2.52. The fraction of sp³-hybridized carbons (Fsp3) is 0.516. The molecule has 2 atom stereocenters. The number of ether oxygens (including phenoxy) is 2. The molecule has 8 nitrogen and oxygen atoms in total. The Morgan fingerprint density at radius 1 is 1.08 bits per heavy atom. The zero-order valence-electron chi connectivity index (χ0n) is 23.3. The Bertz CT molecular complexity index is 1150. The van der Waals surface area contributed by atoms with Crippen LogP contribution in [0.5, 0.6) is 0 Å². The highest BCUT2D eigenvalue weighted by Gasteiger charge is 2.47. The Labute approximate surface area is 231 Å². The van der Waals surface area contributed by atoms with Crippen molar-refractivity contribution in [1.29, 1.82) is 0 Å². The lowest BCUT2D eigenvalue weighted by atomic mass is 9.73. The number of likely N-dealkylation sites (tertiary alicyclic amines) is 1. The number of benzene rings is 2. The Hall–Kier alpha value is -3.23. The van der Waals surface area contributed by atoms with Crippen LogP contribution < -0.4 is 11.1 Å². The number of hydrogen-bond acceptors (Lipinski definition) is 6. The van der Waals surface area contributed by atoms with Crippen LogP contribution in [0.2, 0.25) is 0 Å². The van der Waals surface area contributed by atoms with Gasteiger partial charge in [0, 0.05) is 13.1 Å². The van der Waals surface area contributed by atoms with Crippen LogP contribution in [0.15, 0.2) is 54.6 Å². The van der Waals surface area contributed by atoms with Crippen molar-refractivity contribution in [1.82, 2.24) is 10.2 Å². The van der Waals surface area contributed by atoms with Crippen LogP contribution in [0.4, 0.5) is 0 Å². The van der Waals surface area contributed by atoms with Crippen LogP contribution in [-0.4, -0.2) is 60.6 Å². The number of carbonyl (C=O) groups is 3. The largest absolute Gasteiger partial charge is 0.466 e. The highest BCUT2D eigenvalue weighted by atomic mass is 16.5. The molecule has 4 rings (SSSR count). The molecule has 8 heteroatoms. The normalized spacial score (nSPS) is 18.9. The van der Waals surface area contributed by atoms with Crippen LogP contribution in [-0.2, 0) is 35.9 Å². The van der Waals surface area contributed by atoms with Crippen LogP contribution in [0, 0.1) is 0 Å². The first-order valence-electron chi connectivity index (χ1n) is 13.9. The second-order valence-electron chi connectivity index (χ2n) is 11.4. The Morgan fingerprint density at radius 2 is 1.74 bits per heavy atom. The van der Waals surface area contributed by atoms with Gasteiger partial charge < -0.3 is 25.4 Å². The van der Waals surface area contributed by atoms with E-state index in [0.717, 1.165) is 24.8 Å². The second-order valence-corrected chi connectivity index (χ2v) is 11.4. The summed E-state index contributed by atoms with van der Waals surface area (Å²) >= 11 is 0. The van der Waals surface area contributed by atoms with E-state index < -0.39 is 17.5 Å². The number of piperidine rings is 1. The van der Waals surface area contributed by atoms with Crippen molar-refractivity contribution in [2.45, 2.75) is 76.0 Å². The zero-order chi connectivity index (χ0) is 28.0. The first-order chi connectivity index (χ1) is 18.6. The van der Waals surface area contributed by atoms with Gasteiger partial charge in [0.2, 0.25) is 11.8 Å². The Balaban J connectivity index is 1.43. The van der Waals surface area contributed by atoms with Crippen LogP contribution >= 0.6 is 0 Å². The number of hydrogen-bond donors (Lipinski definition) is 2. The average molecular weight is 536 g/mol. The summed E-state index contributed by atoms with van der Waals surface area (Å²) in [5, 5.41) is 2.83. The molecule has 1 aliphatic carbocycles. The molecule has 1 aliphatic heterocycles. The third-order valence-corrected chi connectivity index (χ3v) is 7.94. The van der Waals surface area contributed by atoms with Gasteiger partial charge in [-0.3, -0.25) is 14.4 Å². The molecule has 2 aromatic carbocycles. The summed E-state index contributed by atoms with van der Waals surface area (Å²) in [6, 6.07) is 17.2. The highest BCUT2D eigenvalue weighted by molar-refractivity contribution is 5.91. The predicted molar refractivity (Wildman–Crippen MR) is 149 cm³/mol. The molecule has 2 aliphatic rings. The fourth-order valence-corrected chi connectivity index (χ4v) is 5.87. The number of fused-ring (bicyclic) bond motifs is 2. The van der Waals surface area contributed by atoms with E-state index in [1.54, 1.807) is 13.8 Å². The van der Waals surface area contributed by atoms with Gasteiger partial charge >= 0.3 is 5.97 Å². The van der Waals surface area contributed by atoms with Crippen molar-refractivity contribution in [3.8, 4) is 0 Å².